The third-order valence-corrected chi connectivity index (χ3v) is 4.73. The van der Waals surface area contributed by atoms with Crippen molar-refractivity contribution in [2.75, 3.05) is 25.1 Å². The first kappa shape index (κ1) is 19.5. The Morgan fingerprint density at radius 2 is 2.00 bits per heavy atom. The standard InChI is InChI=1S/C21H21FN2O4/c1-28-21(27)15-6-4-7-17(11-15)24-13-16(12-19(24)25)20(26)23-10-9-14-5-2-3-8-18(14)22/h2-8,11,16H,9-10,12-13H2,1H3,(H,23,26). The highest BCUT2D eigenvalue weighted by Gasteiger charge is 2.35. The van der Waals surface area contributed by atoms with Crippen LogP contribution in [0.25, 0.3) is 0 Å². The fraction of sp³-hybridized carbons (Fsp3) is 0.286. The topological polar surface area (TPSA) is 75.7 Å². The van der Waals surface area contributed by atoms with Gasteiger partial charge in [0.2, 0.25) is 11.8 Å². The lowest BCUT2D eigenvalue weighted by atomic mass is 10.1. The molecule has 3 rings (SSSR count). The van der Waals surface area contributed by atoms with Gasteiger partial charge in [-0.2, -0.15) is 0 Å². The zero-order valence-corrected chi connectivity index (χ0v) is 15.5. The molecule has 0 radical (unpaired) electrons. The number of halogens is 1. The SMILES string of the molecule is COC(=O)c1cccc(N2CC(C(=O)NCCc3ccccc3F)CC2=O)c1. The van der Waals surface area contributed by atoms with Crippen molar-refractivity contribution in [3.8, 4) is 0 Å². The van der Waals surface area contributed by atoms with Gasteiger partial charge in [0.15, 0.2) is 0 Å². The minimum atomic E-state index is -0.491. The van der Waals surface area contributed by atoms with Crippen LogP contribution in [-0.2, 0) is 20.7 Å². The van der Waals surface area contributed by atoms with E-state index in [1.165, 1.54) is 18.1 Å². The van der Waals surface area contributed by atoms with Crippen LogP contribution in [0, 0.1) is 11.7 Å². The first-order valence-corrected chi connectivity index (χ1v) is 8.99. The molecular weight excluding hydrogens is 363 g/mol. The van der Waals surface area contributed by atoms with Crippen LogP contribution in [0.3, 0.4) is 0 Å². The van der Waals surface area contributed by atoms with Gasteiger partial charge in [0.25, 0.3) is 0 Å². The monoisotopic (exact) mass is 384 g/mol. The van der Waals surface area contributed by atoms with Gasteiger partial charge in [-0.15, -0.1) is 0 Å². The molecule has 0 aliphatic carbocycles. The van der Waals surface area contributed by atoms with Gasteiger partial charge >= 0.3 is 5.97 Å². The van der Waals surface area contributed by atoms with E-state index in [2.05, 4.69) is 5.32 Å². The number of benzene rings is 2. The average molecular weight is 384 g/mol. The normalized spacial score (nSPS) is 16.1. The molecule has 1 fully saturated rings. The quantitative estimate of drug-likeness (QED) is 0.776. The largest absolute Gasteiger partial charge is 0.465 e. The fourth-order valence-electron chi connectivity index (χ4n) is 3.22. The Morgan fingerprint density at radius 1 is 1.21 bits per heavy atom. The number of carbonyl (C=O) groups excluding carboxylic acids is 3. The van der Waals surface area contributed by atoms with Crippen molar-refractivity contribution < 1.29 is 23.5 Å². The molecule has 146 valence electrons. The predicted octanol–water partition coefficient (Wildman–Crippen LogP) is 2.32. The Labute approximate surface area is 162 Å². The lowest BCUT2D eigenvalue weighted by molar-refractivity contribution is -0.126. The van der Waals surface area contributed by atoms with Gasteiger partial charge in [-0.05, 0) is 36.2 Å². The van der Waals surface area contributed by atoms with Crippen molar-refractivity contribution >= 4 is 23.5 Å². The average Bonchev–Trinajstić information content (AvgIpc) is 3.10. The third-order valence-electron chi connectivity index (χ3n) is 4.73. The summed E-state index contributed by atoms with van der Waals surface area (Å²) in [5.74, 6) is -1.71. The molecule has 0 bridgehead atoms. The molecule has 2 aromatic carbocycles. The molecule has 2 amide bonds. The number of methoxy groups -OCH3 is 1. The molecule has 1 aliphatic heterocycles. The summed E-state index contributed by atoms with van der Waals surface area (Å²) in [7, 11) is 1.29. The van der Waals surface area contributed by atoms with Crippen LogP contribution < -0.4 is 10.2 Å². The predicted molar refractivity (Wildman–Crippen MR) is 101 cm³/mol. The molecule has 28 heavy (non-hydrogen) atoms. The van der Waals surface area contributed by atoms with Crippen molar-refractivity contribution in [1.82, 2.24) is 5.32 Å². The minimum Gasteiger partial charge on any atom is -0.465 e. The van der Waals surface area contributed by atoms with Gasteiger partial charge in [0.1, 0.15) is 5.82 Å². The maximum atomic E-state index is 13.6. The van der Waals surface area contributed by atoms with Crippen LogP contribution in [0.1, 0.15) is 22.3 Å². The summed E-state index contributed by atoms with van der Waals surface area (Å²) in [6, 6.07) is 13.0. The van der Waals surface area contributed by atoms with Crippen molar-refractivity contribution in [3.05, 3.63) is 65.5 Å². The van der Waals surface area contributed by atoms with E-state index in [1.807, 2.05) is 0 Å². The molecule has 0 spiro atoms. The highest BCUT2D eigenvalue weighted by molar-refractivity contribution is 6.01. The van der Waals surface area contributed by atoms with Crippen molar-refractivity contribution in [3.63, 3.8) is 0 Å². The smallest absolute Gasteiger partial charge is 0.337 e. The van der Waals surface area contributed by atoms with Gasteiger partial charge in [0, 0.05) is 25.2 Å². The Hall–Kier alpha value is -3.22. The molecule has 2 aromatic rings. The minimum absolute atomic E-state index is 0.0913. The van der Waals surface area contributed by atoms with Gasteiger partial charge in [-0.3, -0.25) is 9.59 Å². The second-order valence-corrected chi connectivity index (χ2v) is 6.58. The molecule has 6 nitrogen and oxygen atoms in total. The molecule has 7 heteroatoms. The van der Waals surface area contributed by atoms with E-state index in [-0.39, 0.29) is 30.6 Å². The first-order chi connectivity index (χ1) is 13.5. The zero-order chi connectivity index (χ0) is 20.1. The van der Waals surface area contributed by atoms with Crippen LogP contribution in [0.5, 0.6) is 0 Å². The number of ether oxygens (including phenoxy) is 1. The van der Waals surface area contributed by atoms with Gasteiger partial charge in [0.05, 0.1) is 18.6 Å². The molecule has 1 unspecified atom stereocenters. The summed E-state index contributed by atoms with van der Waals surface area (Å²) in [6.45, 7) is 0.525. The van der Waals surface area contributed by atoms with Crippen LogP contribution in [0.4, 0.5) is 10.1 Å². The van der Waals surface area contributed by atoms with Gasteiger partial charge < -0.3 is 15.0 Å². The number of carbonyl (C=O) groups is 3. The number of hydrogen-bond donors (Lipinski definition) is 1. The third kappa shape index (κ3) is 4.36. The van der Waals surface area contributed by atoms with E-state index in [0.29, 0.717) is 29.8 Å². The van der Waals surface area contributed by atoms with E-state index in [4.69, 9.17) is 4.74 Å². The van der Waals surface area contributed by atoms with E-state index in [1.54, 1.807) is 42.5 Å². The molecule has 1 atom stereocenters. The second-order valence-electron chi connectivity index (χ2n) is 6.58. The summed E-state index contributed by atoms with van der Waals surface area (Å²) in [4.78, 5) is 37.9. The van der Waals surface area contributed by atoms with Crippen molar-refractivity contribution in [2.24, 2.45) is 5.92 Å². The lowest BCUT2D eigenvalue weighted by Gasteiger charge is -2.17. The maximum Gasteiger partial charge on any atom is 0.337 e. The number of anilines is 1. The Balaban J connectivity index is 1.59. The molecule has 1 heterocycles. The van der Waals surface area contributed by atoms with E-state index in [9.17, 15) is 18.8 Å². The summed E-state index contributed by atoms with van der Waals surface area (Å²) in [6.07, 6.45) is 0.470. The number of amides is 2. The lowest BCUT2D eigenvalue weighted by Crippen LogP contribution is -2.34. The maximum absolute atomic E-state index is 13.6. The molecule has 0 aromatic heterocycles. The number of hydrogen-bond acceptors (Lipinski definition) is 4. The van der Waals surface area contributed by atoms with Crippen LogP contribution in [0.2, 0.25) is 0 Å². The highest BCUT2D eigenvalue weighted by Crippen LogP contribution is 2.26. The Kier molecular flexibility index (Phi) is 6.03. The van der Waals surface area contributed by atoms with Crippen molar-refractivity contribution in [2.45, 2.75) is 12.8 Å². The fourth-order valence-corrected chi connectivity index (χ4v) is 3.22. The molecule has 0 saturated carbocycles. The summed E-state index contributed by atoms with van der Waals surface area (Å²) in [5.41, 5.74) is 1.42. The summed E-state index contributed by atoms with van der Waals surface area (Å²) < 4.78 is 18.3. The molecular formula is C21H21FN2O4. The van der Waals surface area contributed by atoms with Crippen molar-refractivity contribution in [1.29, 1.82) is 0 Å². The second kappa shape index (κ2) is 8.65. The van der Waals surface area contributed by atoms with Crippen LogP contribution in [0.15, 0.2) is 48.5 Å². The molecule has 1 aliphatic rings. The molecule has 1 N–H and O–H groups in total. The van der Waals surface area contributed by atoms with E-state index >= 15 is 0 Å². The van der Waals surface area contributed by atoms with Crippen LogP contribution in [-0.4, -0.2) is 38.0 Å². The van der Waals surface area contributed by atoms with E-state index < -0.39 is 11.9 Å². The highest BCUT2D eigenvalue weighted by atomic mass is 19.1. The van der Waals surface area contributed by atoms with Gasteiger partial charge in [-0.1, -0.05) is 24.3 Å². The number of esters is 1. The Morgan fingerprint density at radius 3 is 2.75 bits per heavy atom. The number of nitrogens with zero attached hydrogens (tertiary/aromatic N) is 1. The van der Waals surface area contributed by atoms with Gasteiger partial charge in [-0.25, -0.2) is 9.18 Å². The summed E-state index contributed by atoms with van der Waals surface area (Å²) in [5, 5.41) is 2.77. The van der Waals surface area contributed by atoms with Crippen LogP contribution >= 0.6 is 0 Å². The summed E-state index contributed by atoms with van der Waals surface area (Å²) >= 11 is 0. The zero-order valence-electron chi connectivity index (χ0n) is 15.5. The Bertz CT molecular complexity index is 899. The first-order valence-electron chi connectivity index (χ1n) is 8.99. The number of nitrogens with one attached hydrogen (secondary N) is 1. The molecule has 1 saturated heterocycles. The number of rotatable bonds is 6. The van der Waals surface area contributed by atoms with E-state index in [0.717, 1.165) is 0 Å².